The largest absolute Gasteiger partial charge is 0.373 e. The number of aryl methyl sites for hydroxylation is 1. The average Bonchev–Trinajstić information content (AvgIpc) is 3.72. The maximum atomic E-state index is 4.53. The van der Waals surface area contributed by atoms with Crippen LogP contribution in [0.1, 0.15) is 0 Å². The van der Waals surface area contributed by atoms with Crippen molar-refractivity contribution in [3.63, 3.8) is 0 Å². The first-order valence-corrected chi connectivity index (χ1v) is 18.0. The van der Waals surface area contributed by atoms with Gasteiger partial charge in [0.1, 0.15) is 5.82 Å². The Morgan fingerprint density at radius 3 is 1.74 bits per heavy atom. The molecule has 5 aromatic heterocycles. The monoisotopic (exact) mass is 914 g/mol. The minimum absolute atomic E-state index is 0. The number of imidazole rings is 1. The fraction of sp³-hybridized carbons (Fsp3) is 0.0213. The Morgan fingerprint density at radius 1 is 0.491 bits per heavy atom. The van der Waals surface area contributed by atoms with Crippen molar-refractivity contribution < 1.29 is 20.1 Å². The van der Waals surface area contributed by atoms with E-state index in [0.29, 0.717) is 11.6 Å². The molecule has 0 fully saturated rings. The second-order valence-electron chi connectivity index (χ2n) is 12.9. The van der Waals surface area contributed by atoms with E-state index in [9.17, 15) is 0 Å². The van der Waals surface area contributed by atoms with Crippen LogP contribution in [0.25, 0.3) is 89.4 Å². The molecule has 0 aliphatic rings. The zero-order chi connectivity index (χ0) is 37.7. The van der Waals surface area contributed by atoms with Crippen LogP contribution in [0.4, 0.5) is 0 Å². The smallest absolute Gasteiger partial charge is 0.202 e. The van der Waals surface area contributed by atoms with Crippen molar-refractivity contribution in [1.29, 1.82) is 0 Å². The number of pyridine rings is 3. The first kappa shape index (κ1) is 36.8. The third kappa shape index (κ3) is 7.60. The predicted molar refractivity (Wildman–Crippen MR) is 220 cm³/mol. The minimum atomic E-state index is 0. The summed E-state index contributed by atoms with van der Waals surface area (Å²) >= 11 is 0. The summed E-state index contributed by atoms with van der Waals surface area (Å²) in [5, 5.41) is 22.1. The molecule has 275 valence electrons. The molecule has 0 saturated carbocycles. The zero-order valence-corrected chi connectivity index (χ0v) is 32.9. The van der Waals surface area contributed by atoms with Gasteiger partial charge in [-0.15, -0.1) is 57.7 Å². The van der Waals surface area contributed by atoms with Gasteiger partial charge in [-0.2, -0.15) is 10.2 Å². The summed E-state index contributed by atoms with van der Waals surface area (Å²) < 4.78 is 1.99. The van der Waals surface area contributed by atoms with Crippen LogP contribution in [-0.2, 0) is 27.2 Å². The molecule has 0 bridgehead atoms. The molecule has 5 heterocycles. The van der Waals surface area contributed by atoms with Gasteiger partial charge in [0.25, 0.3) is 0 Å². The predicted octanol–water partition coefficient (Wildman–Crippen LogP) is 9.78. The van der Waals surface area contributed by atoms with Crippen LogP contribution in [0.3, 0.4) is 0 Å². The van der Waals surface area contributed by atoms with Crippen molar-refractivity contribution in [3.05, 3.63) is 183 Å². The molecule has 0 aliphatic heterocycles. The first-order valence-electron chi connectivity index (χ1n) is 18.0. The van der Waals surface area contributed by atoms with Gasteiger partial charge in [-0.25, -0.2) is 0 Å². The van der Waals surface area contributed by atoms with Crippen LogP contribution in [0.15, 0.2) is 171 Å². The Balaban J connectivity index is 0.000000201. The molecule has 0 amide bonds. The van der Waals surface area contributed by atoms with Gasteiger partial charge in [-0.3, -0.25) is 19.9 Å². The second kappa shape index (κ2) is 16.7. The van der Waals surface area contributed by atoms with E-state index in [0.717, 1.165) is 77.7 Å². The van der Waals surface area contributed by atoms with Gasteiger partial charge in [0.2, 0.25) is 5.82 Å². The Bertz CT molecular complexity index is 2780. The topological polar surface area (TPSA) is 108 Å². The van der Waals surface area contributed by atoms with E-state index in [-0.39, 0.29) is 20.1 Å². The zero-order valence-electron chi connectivity index (χ0n) is 30.5. The summed E-state index contributed by atoms with van der Waals surface area (Å²) in [4.78, 5) is 17.4. The summed E-state index contributed by atoms with van der Waals surface area (Å²) in [5.41, 5.74) is 8.77. The summed E-state index contributed by atoms with van der Waals surface area (Å²) in [5.74, 6) is 1.81. The normalized spacial score (nSPS) is 10.8. The number of nitrogens with zero attached hydrogens (tertiary/aromatic N) is 9. The van der Waals surface area contributed by atoms with Gasteiger partial charge in [0.15, 0.2) is 0 Å². The molecule has 0 saturated heterocycles. The second-order valence-corrected chi connectivity index (χ2v) is 12.9. The van der Waals surface area contributed by atoms with Crippen molar-refractivity contribution in [3.8, 4) is 67.8 Å². The fourth-order valence-electron chi connectivity index (χ4n) is 6.78. The molecule has 5 aromatic carbocycles. The number of fused-ring (bicyclic) bond motifs is 2. The number of hydrogen-bond acceptors (Lipinski definition) is 8. The van der Waals surface area contributed by atoms with Crippen LogP contribution in [-0.4, -0.2) is 44.9 Å². The molecule has 10 heteroatoms. The van der Waals surface area contributed by atoms with Crippen LogP contribution in [0.5, 0.6) is 0 Å². The maximum Gasteiger partial charge on any atom is 0.202 e. The number of rotatable bonds is 6. The van der Waals surface area contributed by atoms with Gasteiger partial charge in [0, 0.05) is 81.2 Å². The summed E-state index contributed by atoms with van der Waals surface area (Å²) in [7, 11) is 1.98. The van der Waals surface area contributed by atoms with Crippen LogP contribution >= 0.6 is 0 Å². The Kier molecular flexibility index (Phi) is 10.8. The van der Waals surface area contributed by atoms with Gasteiger partial charge in [-0.05, 0) is 58.8 Å². The van der Waals surface area contributed by atoms with E-state index in [2.05, 4.69) is 82.8 Å². The number of hydrogen-bond donors (Lipinski definition) is 0. The molecule has 0 aliphatic carbocycles. The SMILES string of the molecule is Cn1ccnc1-c1[c-]ccc(-c2ccncc2)c1.[Ir].[c-]1cc(-c2ccccn2)c2ccccc2c1-c1nnc(-c2ccc(-c3ccccn3)c3ccccc23)nn1. The molecule has 0 spiro atoms. The van der Waals surface area contributed by atoms with Crippen molar-refractivity contribution in [2.45, 2.75) is 0 Å². The Morgan fingerprint density at radius 2 is 1.09 bits per heavy atom. The van der Waals surface area contributed by atoms with E-state index in [1.807, 2.05) is 121 Å². The molecular weight excluding hydrogens is 883 g/mol. The van der Waals surface area contributed by atoms with Gasteiger partial charge >= 0.3 is 0 Å². The fourth-order valence-corrected chi connectivity index (χ4v) is 6.78. The van der Waals surface area contributed by atoms with Crippen molar-refractivity contribution in [1.82, 2.24) is 44.9 Å². The molecule has 9 nitrogen and oxygen atoms in total. The van der Waals surface area contributed by atoms with E-state index in [4.69, 9.17) is 0 Å². The third-order valence-electron chi connectivity index (χ3n) is 9.47. The first-order chi connectivity index (χ1) is 27.7. The van der Waals surface area contributed by atoms with Crippen molar-refractivity contribution >= 4 is 21.5 Å². The van der Waals surface area contributed by atoms with E-state index in [1.165, 1.54) is 0 Å². The average molecular weight is 914 g/mol. The van der Waals surface area contributed by atoms with E-state index in [1.54, 1.807) is 31.0 Å². The molecule has 10 aromatic rings. The molecule has 1 radical (unpaired) electrons. The number of aromatic nitrogens is 9. The van der Waals surface area contributed by atoms with Gasteiger partial charge < -0.3 is 4.57 Å². The molecule has 0 N–H and O–H groups in total. The third-order valence-corrected chi connectivity index (χ3v) is 9.47. The molecule has 10 rings (SSSR count). The molecular formula is C47H31IrN9-2. The van der Waals surface area contributed by atoms with Crippen LogP contribution in [0.2, 0.25) is 0 Å². The van der Waals surface area contributed by atoms with Crippen LogP contribution in [0, 0.1) is 12.1 Å². The molecule has 0 unspecified atom stereocenters. The van der Waals surface area contributed by atoms with Gasteiger partial charge in [-0.1, -0.05) is 88.6 Å². The summed E-state index contributed by atoms with van der Waals surface area (Å²) in [6.07, 6.45) is 10.9. The van der Waals surface area contributed by atoms with Crippen molar-refractivity contribution in [2.24, 2.45) is 7.05 Å². The maximum absolute atomic E-state index is 4.53. The van der Waals surface area contributed by atoms with E-state index >= 15 is 0 Å². The Labute approximate surface area is 342 Å². The minimum Gasteiger partial charge on any atom is -0.373 e. The van der Waals surface area contributed by atoms with Gasteiger partial charge in [0.05, 0.1) is 11.5 Å². The summed E-state index contributed by atoms with van der Waals surface area (Å²) in [6, 6.07) is 50.7. The van der Waals surface area contributed by atoms with Crippen molar-refractivity contribution in [2.75, 3.05) is 0 Å². The molecule has 0 atom stereocenters. The molecule has 57 heavy (non-hydrogen) atoms. The number of benzene rings is 5. The van der Waals surface area contributed by atoms with Crippen LogP contribution < -0.4 is 0 Å². The standard InChI is InChI=1S/C32H19N6.C15H12N3.Ir/c1-3-11-23-21(9-1)25(29-13-5-7-19-33-29)15-17-27(23)31-35-37-32(38-36-31)28-18-16-26(30-14-6-8-20-34-30)22-10-2-4-12-24(22)28;1-18-10-9-17-15(18)14-4-2-3-13(11-14)12-5-7-16-8-6-12;/h1-17,19-20H;2-3,5-11H,1H3;/q2*-1;. The summed E-state index contributed by atoms with van der Waals surface area (Å²) in [6.45, 7) is 0. The van der Waals surface area contributed by atoms with E-state index < -0.39 is 0 Å². The Hall–Kier alpha value is -7.13. The quantitative estimate of drug-likeness (QED) is 0.152.